The second kappa shape index (κ2) is 6.59. The number of hydrogen-bond donors (Lipinski definition) is 2. The lowest BCUT2D eigenvalue weighted by Gasteiger charge is -2.09. The first-order valence-corrected chi connectivity index (χ1v) is 6.45. The molecule has 0 saturated heterocycles. The summed E-state index contributed by atoms with van der Waals surface area (Å²) >= 11 is 3.36. The third-order valence-electron chi connectivity index (χ3n) is 2.22. The minimum atomic E-state index is -0.220. The molecule has 5 heteroatoms. The van der Waals surface area contributed by atoms with Crippen LogP contribution in [0.3, 0.4) is 0 Å². The Hall–Kier alpha value is -1.10. The predicted molar refractivity (Wildman–Crippen MR) is 73.2 cm³/mol. The average molecular weight is 300 g/mol. The van der Waals surface area contributed by atoms with Crippen molar-refractivity contribution in [2.24, 2.45) is 5.92 Å². The molecule has 0 aromatic carbocycles. The van der Waals surface area contributed by atoms with E-state index >= 15 is 0 Å². The molecular formula is C12H18BrN3O. The number of carbonyl (C=O) groups excluding carboxylic acids is 1. The van der Waals surface area contributed by atoms with Crippen LogP contribution in [-0.4, -0.2) is 17.6 Å². The number of rotatable bonds is 4. The van der Waals surface area contributed by atoms with Crippen LogP contribution >= 0.6 is 15.9 Å². The van der Waals surface area contributed by atoms with Gasteiger partial charge >= 0.3 is 6.03 Å². The number of hydrogen-bond acceptors (Lipinski definition) is 2. The second-order valence-corrected chi connectivity index (χ2v) is 5.26. The monoisotopic (exact) mass is 299 g/mol. The molecule has 0 unspecified atom stereocenters. The number of aromatic nitrogens is 1. The highest BCUT2D eigenvalue weighted by Gasteiger charge is 2.06. The lowest BCUT2D eigenvalue weighted by molar-refractivity contribution is 0.251. The van der Waals surface area contributed by atoms with Crippen molar-refractivity contribution < 1.29 is 4.79 Å². The van der Waals surface area contributed by atoms with Crippen molar-refractivity contribution in [2.45, 2.75) is 27.2 Å². The Bertz CT molecular complexity index is 393. The van der Waals surface area contributed by atoms with E-state index in [-0.39, 0.29) is 6.03 Å². The van der Waals surface area contributed by atoms with E-state index < -0.39 is 0 Å². The normalized spacial score (nSPS) is 10.4. The van der Waals surface area contributed by atoms with E-state index in [1.807, 2.05) is 13.0 Å². The van der Waals surface area contributed by atoms with Gasteiger partial charge in [0.25, 0.3) is 0 Å². The van der Waals surface area contributed by atoms with E-state index in [2.05, 4.69) is 45.4 Å². The van der Waals surface area contributed by atoms with Gasteiger partial charge in [-0.25, -0.2) is 9.78 Å². The van der Waals surface area contributed by atoms with Crippen LogP contribution in [0.15, 0.2) is 16.7 Å². The molecule has 2 amide bonds. The minimum absolute atomic E-state index is 0.220. The lowest BCUT2D eigenvalue weighted by Crippen LogP contribution is -2.30. The van der Waals surface area contributed by atoms with Gasteiger partial charge in [-0.2, -0.15) is 0 Å². The second-order valence-electron chi connectivity index (χ2n) is 4.41. The summed E-state index contributed by atoms with van der Waals surface area (Å²) in [7, 11) is 0. The molecule has 1 aromatic heterocycles. The van der Waals surface area contributed by atoms with Gasteiger partial charge in [0.1, 0.15) is 5.82 Å². The van der Waals surface area contributed by atoms with Gasteiger partial charge in [-0.15, -0.1) is 0 Å². The quantitative estimate of drug-likeness (QED) is 0.896. The summed E-state index contributed by atoms with van der Waals surface area (Å²) in [6.45, 7) is 6.87. The smallest absolute Gasteiger partial charge is 0.320 e. The summed E-state index contributed by atoms with van der Waals surface area (Å²) in [6, 6.07) is 1.69. The third-order valence-corrected chi connectivity index (χ3v) is 2.82. The van der Waals surface area contributed by atoms with E-state index in [4.69, 9.17) is 0 Å². The Labute approximate surface area is 110 Å². The van der Waals surface area contributed by atoms with Gasteiger partial charge in [0.2, 0.25) is 0 Å². The summed E-state index contributed by atoms with van der Waals surface area (Å²) < 4.78 is 0.788. The molecule has 0 aliphatic heterocycles. The van der Waals surface area contributed by atoms with Crippen molar-refractivity contribution in [3.63, 3.8) is 0 Å². The van der Waals surface area contributed by atoms with Crippen LogP contribution in [0.25, 0.3) is 0 Å². The number of nitrogens with zero attached hydrogens (tertiary/aromatic N) is 1. The maximum atomic E-state index is 11.5. The molecule has 0 spiro atoms. The van der Waals surface area contributed by atoms with Crippen LogP contribution in [0, 0.1) is 12.8 Å². The highest BCUT2D eigenvalue weighted by Crippen LogP contribution is 2.20. The standard InChI is InChI=1S/C12H18BrN3O/c1-8(2)4-5-14-12(17)16-11-10(13)6-9(3)7-15-11/h6-8H,4-5H2,1-3H3,(H2,14,15,16,17). The first-order chi connectivity index (χ1) is 7.99. The molecular weight excluding hydrogens is 282 g/mol. The zero-order valence-corrected chi connectivity index (χ0v) is 12.0. The van der Waals surface area contributed by atoms with Gasteiger partial charge < -0.3 is 5.32 Å². The molecule has 0 fully saturated rings. The van der Waals surface area contributed by atoms with Crippen molar-refractivity contribution in [3.05, 3.63) is 22.3 Å². The number of pyridine rings is 1. The van der Waals surface area contributed by atoms with Gasteiger partial charge in [-0.1, -0.05) is 13.8 Å². The number of carbonyl (C=O) groups is 1. The van der Waals surface area contributed by atoms with Crippen LogP contribution in [0.5, 0.6) is 0 Å². The van der Waals surface area contributed by atoms with Crippen LogP contribution in [0.2, 0.25) is 0 Å². The SMILES string of the molecule is Cc1cnc(NC(=O)NCCC(C)C)c(Br)c1. The number of anilines is 1. The Balaban J connectivity index is 2.45. The number of aryl methyl sites for hydroxylation is 1. The molecule has 2 N–H and O–H groups in total. The van der Waals surface area contributed by atoms with Crippen LogP contribution in [0.4, 0.5) is 10.6 Å². The van der Waals surface area contributed by atoms with Crippen LogP contribution in [-0.2, 0) is 0 Å². The summed E-state index contributed by atoms with van der Waals surface area (Å²) in [5.74, 6) is 1.12. The van der Waals surface area contributed by atoms with Crippen molar-refractivity contribution in [1.29, 1.82) is 0 Å². The fraction of sp³-hybridized carbons (Fsp3) is 0.500. The Kier molecular flexibility index (Phi) is 5.41. The summed E-state index contributed by atoms with van der Waals surface area (Å²) in [5, 5.41) is 5.50. The van der Waals surface area contributed by atoms with E-state index in [1.165, 1.54) is 0 Å². The highest BCUT2D eigenvalue weighted by molar-refractivity contribution is 9.10. The molecule has 94 valence electrons. The van der Waals surface area contributed by atoms with E-state index in [9.17, 15) is 4.79 Å². The third kappa shape index (κ3) is 5.17. The molecule has 1 aromatic rings. The van der Waals surface area contributed by atoms with Gasteiger partial charge in [0, 0.05) is 12.7 Å². The predicted octanol–water partition coefficient (Wildman–Crippen LogP) is 3.32. The van der Waals surface area contributed by atoms with Gasteiger partial charge in [0.05, 0.1) is 4.47 Å². The Morgan fingerprint density at radius 2 is 2.24 bits per heavy atom. The molecule has 1 heterocycles. The number of nitrogens with one attached hydrogen (secondary N) is 2. The number of halogens is 1. The zero-order chi connectivity index (χ0) is 12.8. The van der Waals surface area contributed by atoms with E-state index in [0.29, 0.717) is 18.3 Å². The fourth-order valence-electron chi connectivity index (χ4n) is 1.25. The maximum Gasteiger partial charge on any atom is 0.320 e. The van der Waals surface area contributed by atoms with Gasteiger partial charge in [0.15, 0.2) is 0 Å². The minimum Gasteiger partial charge on any atom is -0.338 e. The maximum absolute atomic E-state index is 11.5. The molecule has 0 aliphatic rings. The molecule has 4 nitrogen and oxygen atoms in total. The van der Waals surface area contributed by atoms with Gasteiger partial charge in [-0.05, 0) is 46.8 Å². The molecule has 0 saturated carbocycles. The first kappa shape index (κ1) is 14.0. The van der Waals surface area contributed by atoms with E-state index in [1.54, 1.807) is 6.20 Å². The van der Waals surface area contributed by atoms with E-state index in [0.717, 1.165) is 16.5 Å². The molecule has 17 heavy (non-hydrogen) atoms. The summed E-state index contributed by atoms with van der Waals surface area (Å²) in [4.78, 5) is 15.7. The molecule has 0 atom stereocenters. The summed E-state index contributed by atoms with van der Waals surface area (Å²) in [5.41, 5.74) is 1.04. The van der Waals surface area contributed by atoms with Crippen molar-refractivity contribution in [3.8, 4) is 0 Å². The molecule has 0 radical (unpaired) electrons. The Morgan fingerprint density at radius 1 is 1.53 bits per heavy atom. The topological polar surface area (TPSA) is 54.0 Å². The zero-order valence-electron chi connectivity index (χ0n) is 10.4. The molecule has 1 rings (SSSR count). The van der Waals surface area contributed by atoms with Crippen LogP contribution in [0.1, 0.15) is 25.8 Å². The lowest BCUT2D eigenvalue weighted by atomic mass is 10.1. The summed E-state index contributed by atoms with van der Waals surface area (Å²) in [6.07, 6.45) is 2.68. The van der Waals surface area contributed by atoms with Crippen molar-refractivity contribution in [2.75, 3.05) is 11.9 Å². The largest absolute Gasteiger partial charge is 0.338 e. The van der Waals surface area contributed by atoms with Crippen molar-refractivity contribution in [1.82, 2.24) is 10.3 Å². The fourth-order valence-corrected chi connectivity index (χ4v) is 1.81. The first-order valence-electron chi connectivity index (χ1n) is 5.66. The molecule has 0 bridgehead atoms. The number of amides is 2. The Morgan fingerprint density at radius 3 is 2.82 bits per heavy atom. The van der Waals surface area contributed by atoms with Crippen molar-refractivity contribution >= 4 is 27.8 Å². The van der Waals surface area contributed by atoms with Crippen LogP contribution < -0.4 is 10.6 Å². The molecule has 0 aliphatic carbocycles. The average Bonchev–Trinajstić information content (AvgIpc) is 2.21. The van der Waals surface area contributed by atoms with Gasteiger partial charge in [-0.3, -0.25) is 5.32 Å². The number of urea groups is 1. The highest BCUT2D eigenvalue weighted by atomic mass is 79.9.